The molecule has 2 saturated heterocycles. The first kappa shape index (κ1) is 17.6. The highest BCUT2D eigenvalue weighted by Gasteiger charge is 2.21. The number of morpholine rings is 1. The molecule has 1 N–H and O–H groups in total. The maximum atomic E-state index is 11.9. The van der Waals surface area contributed by atoms with Crippen LogP contribution in [0.25, 0.3) is 6.08 Å². The molecular weight excluding hydrogens is 318 g/mol. The molecule has 1 aromatic rings. The van der Waals surface area contributed by atoms with Crippen molar-refractivity contribution in [3.05, 3.63) is 35.9 Å². The maximum absolute atomic E-state index is 11.9. The van der Waals surface area contributed by atoms with E-state index < -0.39 is 0 Å². The summed E-state index contributed by atoms with van der Waals surface area (Å²) in [5.41, 5.74) is 1.87. The molecule has 2 heterocycles. The monoisotopic (exact) mass is 343 g/mol. The van der Waals surface area contributed by atoms with Crippen molar-refractivity contribution in [2.45, 2.75) is 12.8 Å². The predicted molar refractivity (Wildman–Crippen MR) is 97.3 cm³/mol. The van der Waals surface area contributed by atoms with Gasteiger partial charge in [-0.15, -0.1) is 0 Å². The van der Waals surface area contributed by atoms with Gasteiger partial charge in [-0.2, -0.15) is 0 Å². The SMILES string of the molecule is O=C(C=Cc1ccc(N2CCCC2=O)cc1)NCCN1CCOCC1. The molecule has 2 amide bonds. The van der Waals surface area contributed by atoms with Crippen LogP contribution in [-0.4, -0.2) is 62.7 Å². The van der Waals surface area contributed by atoms with E-state index in [9.17, 15) is 9.59 Å². The van der Waals surface area contributed by atoms with E-state index in [1.807, 2.05) is 29.2 Å². The second-order valence-corrected chi connectivity index (χ2v) is 6.32. The van der Waals surface area contributed by atoms with E-state index in [1.165, 1.54) is 0 Å². The Labute approximate surface area is 148 Å². The largest absolute Gasteiger partial charge is 0.379 e. The molecule has 0 aliphatic carbocycles. The minimum Gasteiger partial charge on any atom is -0.379 e. The van der Waals surface area contributed by atoms with Gasteiger partial charge in [0, 0.05) is 50.9 Å². The van der Waals surface area contributed by atoms with Crippen LogP contribution in [0.4, 0.5) is 5.69 Å². The van der Waals surface area contributed by atoms with Crippen LogP contribution in [0.5, 0.6) is 0 Å². The smallest absolute Gasteiger partial charge is 0.244 e. The van der Waals surface area contributed by atoms with Gasteiger partial charge in [0.15, 0.2) is 0 Å². The van der Waals surface area contributed by atoms with Crippen LogP contribution in [0.3, 0.4) is 0 Å². The summed E-state index contributed by atoms with van der Waals surface area (Å²) < 4.78 is 5.30. The van der Waals surface area contributed by atoms with Gasteiger partial charge in [0.25, 0.3) is 0 Å². The summed E-state index contributed by atoms with van der Waals surface area (Å²) in [5, 5.41) is 2.90. The van der Waals surface area contributed by atoms with Crippen LogP contribution in [0.15, 0.2) is 30.3 Å². The van der Waals surface area contributed by atoms with E-state index in [0.717, 1.165) is 57.1 Å². The Bertz CT molecular complexity index is 621. The first-order chi connectivity index (χ1) is 12.2. The summed E-state index contributed by atoms with van der Waals surface area (Å²) in [5.74, 6) is 0.0926. The fourth-order valence-corrected chi connectivity index (χ4v) is 3.08. The van der Waals surface area contributed by atoms with Crippen LogP contribution >= 0.6 is 0 Å². The standard InChI is InChI=1S/C19H25N3O3/c23-18(20-9-11-21-12-14-25-15-13-21)8-5-16-3-6-17(7-4-16)22-10-1-2-19(22)24/h3-8H,1-2,9-15H2,(H,20,23). The lowest BCUT2D eigenvalue weighted by atomic mass is 10.2. The minimum absolute atomic E-state index is 0.0907. The Morgan fingerprint density at radius 2 is 1.92 bits per heavy atom. The Morgan fingerprint density at radius 3 is 2.60 bits per heavy atom. The van der Waals surface area contributed by atoms with Crippen molar-refractivity contribution in [2.24, 2.45) is 0 Å². The third-order valence-corrected chi connectivity index (χ3v) is 4.54. The number of carbonyl (C=O) groups excluding carboxylic acids is 2. The fraction of sp³-hybridized carbons (Fsp3) is 0.474. The zero-order chi connectivity index (χ0) is 17.5. The van der Waals surface area contributed by atoms with Gasteiger partial charge in [-0.3, -0.25) is 14.5 Å². The number of ether oxygens (including phenoxy) is 1. The van der Waals surface area contributed by atoms with Crippen LogP contribution in [-0.2, 0) is 14.3 Å². The van der Waals surface area contributed by atoms with E-state index in [-0.39, 0.29) is 11.8 Å². The van der Waals surface area contributed by atoms with Crippen LogP contribution in [0.1, 0.15) is 18.4 Å². The molecular formula is C19H25N3O3. The number of nitrogens with zero attached hydrogens (tertiary/aromatic N) is 2. The van der Waals surface area contributed by atoms with E-state index in [1.54, 1.807) is 12.2 Å². The highest BCUT2D eigenvalue weighted by Crippen LogP contribution is 2.21. The highest BCUT2D eigenvalue weighted by atomic mass is 16.5. The number of nitrogens with one attached hydrogen (secondary N) is 1. The van der Waals surface area contributed by atoms with E-state index in [4.69, 9.17) is 4.74 Å². The van der Waals surface area contributed by atoms with Crippen LogP contribution in [0.2, 0.25) is 0 Å². The van der Waals surface area contributed by atoms with Gasteiger partial charge in [0.2, 0.25) is 11.8 Å². The highest BCUT2D eigenvalue weighted by molar-refractivity contribution is 5.95. The summed E-state index contributed by atoms with van der Waals surface area (Å²) >= 11 is 0. The normalized spacial score (nSPS) is 18.9. The van der Waals surface area contributed by atoms with Crippen molar-refractivity contribution < 1.29 is 14.3 Å². The zero-order valence-electron chi connectivity index (χ0n) is 14.4. The molecule has 134 valence electrons. The van der Waals surface area contributed by atoms with Gasteiger partial charge in [-0.1, -0.05) is 12.1 Å². The Morgan fingerprint density at radius 1 is 1.16 bits per heavy atom. The second kappa shape index (κ2) is 8.78. The number of hydrogen-bond donors (Lipinski definition) is 1. The molecule has 6 nitrogen and oxygen atoms in total. The summed E-state index contributed by atoms with van der Waals surface area (Å²) in [6.45, 7) is 5.68. The van der Waals surface area contributed by atoms with Gasteiger partial charge in [-0.05, 0) is 30.2 Å². The van der Waals surface area contributed by atoms with E-state index in [0.29, 0.717) is 13.0 Å². The lowest BCUT2D eigenvalue weighted by Gasteiger charge is -2.26. The third kappa shape index (κ3) is 5.14. The topological polar surface area (TPSA) is 61.9 Å². The molecule has 25 heavy (non-hydrogen) atoms. The molecule has 2 aliphatic rings. The van der Waals surface area contributed by atoms with Gasteiger partial charge >= 0.3 is 0 Å². The lowest BCUT2D eigenvalue weighted by molar-refractivity contribution is -0.117. The molecule has 2 fully saturated rings. The molecule has 0 radical (unpaired) electrons. The first-order valence-corrected chi connectivity index (χ1v) is 8.89. The fourth-order valence-electron chi connectivity index (χ4n) is 3.08. The molecule has 0 aromatic heterocycles. The average Bonchev–Trinajstić information content (AvgIpc) is 3.07. The average molecular weight is 343 g/mol. The van der Waals surface area contributed by atoms with Crippen LogP contribution < -0.4 is 10.2 Å². The minimum atomic E-state index is -0.0907. The van der Waals surface area contributed by atoms with E-state index >= 15 is 0 Å². The molecule has 1 aromatic carbocycles. The van der Waals surface area contributed by atoms with E-state index in [2.05, 4.69) is 10.2 Å². The first-order valence-electron chi connectivity index (χ1n) is 8.89. The number of rotatable bonds is 6. The van der Waals surface area contributed by atoms with Gasteiger partial charge in [0.05, 0.1) is 13.2 Å². The molecule has 0 bridgehead atoms. The zero-order valence-corrected chi connectivity index (χ0v) is 14.4. The van der Waals surface area contributed by atoms with Crippen molar-refractivity contribution in [2.75, 3.05) is 50.8 Å². The number of anilines is 1. The number of carbonyl (C=O) groups is 2. The summed E-state index contributed by atoms with van der Waals surface area (Å²) in [6.07, 6.45) is 4.90. The Kier molecular flexibility index (Phi) is 6.19. The Balaban J connectivity index is 1.43. The second-order valence-electron chi connectivity index (χ2n) is 6.32. The van der Waals surface area contributed by atoms with Crippen LogP contribution in [0, 0.1) is 0 Å². The van der Waals surface area contributed by atoms with Crippen molar-refractivity contribution in [3.8, 4) is 0 Å². The number of hydrogen-bond acceptors (Lipinski definition) is 4. The number of benzene rings is 1. The Hall–Kier alpha value is -2.18. The summed E-state index contributed by atoms with van der Waals surface area (Å²) in [4.78, 5) is 27.7. The molecule has 2 aliphatic heterocycles. The molecule has 0 atom stereocenters. The van der Waals surface area contributed by atoms with Crippen molar-refractivity contribution in [1.82, 2.24) is 10.2 Å². The summed E-state index contributed by atoms with van der Waals surface area (Å²) in [6, 6.07) is 7.72. The maximum Gasteiger partial charge on any atom is 0.244 e. The molecule has 0 spiro atoms. The van der Waals surface area contributed by atoms with Crippen molar-refractivity contribution >= 4 is 23.6 Å². The molecule has 0 saturated carbocycles. The molecule has 3 rings (SSSR count). The van der Waals surface area contributed by atoms with Crippen molar-refractivity contribution in [3.63, 3.8) is 0 Å². The van der Waals surface area contributed by atoms with Crippen molar-refractivity contribution in [1.29, 1.82) is 0 Å². The van der Waals surface area contributed by atoms with Gasteiger partial charge in [-0.25, -0.2) is 0 Å². The lowest BCUT2D eigenvalue weighted by Crippen LogP contribution is -2.41. The quantitative estimate of drug-likeness (QED) is 0.791. The number of amides is 2. The molecule has 6 heteroatoms. The van der Waals surface area contributed by atoms with Gasteiger partial charge < -0.3 is 15.0 Å². The predicted octanol–water partition coefficient (Wildman–Crippen LogP) is 1.27. The summed E-state index contributed by atoms with van der Waals surface area (Å²) in [7, 11) is 0. The third-order valence-electron chi connectivity index (χ3n) is 4.54. The van der Waals surface area contributed by atoms with Gasteiger partial charge in [0.1, 0.15) is 0 Å². The molecule has 0 unspecified atom stereocenters.